The molecule has 18 heavy (non-hydrogen) atoms. The quantitative estimate of drug-likeness (QED) is 0.901. The normalized spacial score (nSPS) is 22.7. The third-order valence-corrected chi connectivity index (χ3v) is 4.69. The highest BCUT2D eigenvalue weighted by molar-refractivity contribution is 7.10. The van der Waals surface area contributed by atoms with Crippen LogP contribution < -0.4 is 5.32 Å². The molecule has 1 aromatic heterocycles. The second-order valence-electron chi connectivity index (χ2n) is 4.81. The maximum absolute atomic E-state index is 5.93. The highest BCUT2D eigenvalue weighted by Gasteiger charge is 2.26. The van der Waals surface area contributed by atoms with Crippen LogP contribution in [0.1, 0.15) is 34.9 Å². The van der Waals surface area contributed by atoms with Gasteiger partial charge in [0.1, 0.15) is 0 Å². The fourth-order valence-corrected chi connectivity index (χ4v) is 3.86. The molecule has 1 N–H and O–H groups in total. The molecule has 1 aliphatic carbocycles. The van der Waals surface area contributed by atoms with Crippen LogP contribution in [-0.4, -0.2) is 20.2 Å². The monoisotopic (exact) mass is 261 g/mol. The van der Waals surface area contributed by atoms with Gasteiger partial charge in [0.25, 0.3) is 0 Å². The third-order valence-electron chi connectivity index (χ3n) is 3.63. The van der Waals surface area contributed by atoms with Crippen molar-refractivity contribution in [2.75, 3.05) is 20.2 Å². The number of likely N-dealkylation sites (N-methyl/N-ethyl adjacent to an activating group) is 1. The van der Waals surface area contributed by atoms with Gasteiger partial charge in [0, 0.05) is 23.4 Å². The van der Waals surface area contributed by atoms with E-state index in [9.17, 15) is 0 Å². The Morgan fingerprint density at radius 1 is 1.44 bits per heavy atom. The average molecular weight is 261 g/mol. The standard InChI is InChI=1S/C15H19NOS/c1-16-9-13-15-12(11-5-3-2-4-6-11)10-18-14(15)7-8-17-13/h2-3,5,10,13,16H,4,6-9H2,1H3. The Morgan fingerprint density at radius 2 is 2.39 bits per heavy atom. The smallest absolute Gasteiger partial charge is 0.0965 e. The van der Waals surface area contributed by atoms with E-state index in [1.807, 2.05) is 18.4 Å². The fraction of sp³-hybridized carbons (Fsp3) is 0.467. The number of nitrogens with one attached hydrogen (secondary N) is 1. The first-order valence-electron chi connectivity index (χ1n) is 6.62. The molecule has 2 heterocycles. The molecule has 0 saturated heterocycles. The zero-order chi connectivity index (χ0) is 12.4. The molecule has 3 heteroatoms. The molecule has 0 bridgehead atoms. The Bertz CT molecular complexity index is 487. The van der Waals surface area contributed by atoms with Crippen LogP contribution in [0, 0.1) is 0 Å². The Hall–Kier alpha value is -0.900. The molecule has 3 rings (SSSR count). The maximum Gasteiger partial charge on any atom is 0.0965 e. The minimum atomic E-state index is 0.229. The van der Waals surface area contributed by atoms with Gasteiger partial charge in [-0.15, -0.1) is 11.3 Å². The highest BCUT2D eigenvalue weighted by Crippen LogP contribution is 2.39. The summed E-state index contributed by atoms with van der Waals surface area (Å²) in [5.74, 6) is 0. The third kappa shape index (κ3) is 2.18. The molecular formula is C15H19NOS. The molecule has 0 aromatic carbocycles. The number of fused-ring (bicyclic) bond motifs is 1. The summed E-state index contributed by atoms with van der Waals surface area (Å²) in [4.78, 5) is 1.52. The summed E-state index contributed by atoms with van der Waals surface area (Å²) in [6.45, 7) is 1.76. The van der Waals surface area contributed by atoms with Gasteiger partial charge < -0.3 is 10.1 Å². The summed E-state index contributed by atoms with van der Waals surface area (Å²) in [5.41, 5.74) is 4.35. The Balaban J connectivity index is 1.98. The summed E-state index contributed by atoms with van der Waals surface area (Å²) in [5, 5.41) is 5.57. The average Bonchev–Trinajstić information content (AvgIpc) is 2.85. The van der Waals surface area contributed by atoms with Crippen LogP contribution >= 0.6 is 11.3 Å². The van der Waals surface area contributed by atoms with Gasteiger partial charge in [0.05, 0.1) is 12.7 Å². The molecule has 1 aliphatic heterocycles. The predicted molar refractivity (Wildman–Crippen MR) is 77.0 cm³/mol. The second-order valence-corrected chi connectivity index (χ2v) is 5.78. The molecule has 1 atom stereocenters. The molecule has 1 unspecified atom stereocenters. The van der Waals surface area contributed by atoms with Crippen LogP contribution in [0.2, 0.25) is 0 Å². The molecule has 0 amide bonds. The summed E-state index contributed by atoms with van der Waals surface area (Å²) in [7, 11) is 1.99. The van der Waals surface area contributed by atoms with E-state index < -0.39 is 0 Å². The summed E-state index contributed by atoms with van der Waals surface area (Å²) < 4.78 is 5.93. The maximum atomic E-state index is 5.93. The van der Waals surface area contributed by atoms with Gasteiger partial charge in [-0.1, -0.05) is 18.2 Å². The first-order chi connectivity index (χ1) is 8.90. The molecule has 0 radical (unpaired) electrons. The molecule has 2 nitrogen and oxygen atoms in total. The number of hydrogen-bond donors (Lipinski definition) is 1. The van der Waals surface area contributed by atoms with Gasteiger partial charge in [-0.3, -0.25) is 0 Å². The lowest BCUT2D eigenvalue weighted by Gasteiger charge is -2.25. The molecular weight excluding hydrogens is 242 g/mol. The van der Waals surface area contributed by atoms with E-state index in [0.29, 0.717) is 0 Å². The summed E-state index contributed by atoms with van der Waals surface area (Å²) in [6.07, 6.45) is 10.3. The van der Waals surface area contributed by atoms with Gasteiger partial charge in [-0.25, -0.2) is 0 Å². The molecule has 2 aliphatic rings. The second kappa shape index (κ2) is 5.39. The van der Waals surface area contributed by atoms with Gasteiger partial charge in [0.2, 0.25) is 0 Å². The Labute approximate surface area is 112 Å². The highest BCUT2D eigenvalue weighted by atomic mass is 32.1. The van der Waals surface area contributed by atoms with Crippen LogP contribution in [0.3, 0.4) is 0 Å². The van der Waals surface area contributed by atoms with Crippen molar-refractivity contribution in [2.45, 2.75) is 25.4 Å². The van der Waals surface area contributed by atoms with Crippen molar-refractivity contribution < 1.29 is 4.74 Å². The number of allylic oxidation sites excluding steroid dienone is 4. The van der Waals surface area contributed by atoms with E-state index in [-0.39, 0.29) is 6.10 Å². The van der Waals surface area contributed by atoms with E-state index in [1.165, 1.54) is 21.6 Å². The van der Waals surface area contributed by atoms with Crippen molar-refractivity contribution in [2.24, 2.45) is 0 Å². The van der Waals surface area contributed by atoms with E-state index in [4.69, 9.17) is 4.74 Å². The topological polar surface area (TPSA) is 21.3 Å². The minimum Gasteiger partial charge on any atom is -0.372 e. The zero-order valence-electron chi connectivity index (χ0n) is 10.7. The molecule has 0 spiro atoms. The molecule has 96 valence electrons. The Kier molecular flexibility index (Phi) is 3.64. The molecule has 0 fully saturated rings. The first-order valence-corrected chi connectivity index (χ1v) is 7.50. The van der Waals surface area contributed by atoms with Crippen LogP contribution in [-0.2, 0) is 11.2 Å². The van der Waals surface area contributed by atoms with E-state index in [1.54, 1.807) is 0 Å². The van der Waals surface area contributed by atoms with Crippen molar-refractivity contribution >= 4 is 16.9 Å². The summed E-state index contributed by atoms with van der Waals surface area (Å²) in [6, 6.07) is 0. The van der Waals surface area contributed by atoms with Crippen LogP contribution in [0.4, 0.5) is 0 Å². The van der Waals surface area contributed by atoms with Crippen LogP contribution in [0.25, 0.3) is 5.57 Å². The molecule has 1 aromatic rings. The van der Waals surface area contributed by atoms with E-state index >= 15 is 0 Å². The van der Waals surface area contributed by atoms with Crippen molar-refractivity contribution in [1.82, 2.24) is 5.32 Å². The van der Waals surface area contributed by atoms with Crippen molar-refractivity contribution in [1.29, 1.82) is 0 Å². The minimum absolute atomic E-state index is 0.229. The lowest BCUT2D eigenvalue weighted by atomic mass is 9.92. The first kappa shape index (κ1) is 12.2. The van der Waals surface area contributed by atoms with Gasteiger partial charge in [-0.05, 0) is 36.4 Å². The summed E-state index contributed by atoms with van der Waals surface area (Å²) >= 11 is 1.90. The van der Waals surface area contributed by atoms with Crippen molar-refractivity contribution in [3.63, 3.8) is 0 Å². The lowest BCUT2D eigenvalue weighted by molar-refractivity contribution is 0.0449. The number of ether oxygens (including phenoxy) is 1. The van der Waals surface area contributed by atoms with Gasteiger partial charge in [-0.2, -0.15) is 0 Å². The predicted octanol–water partition coefficient (Wildman–Crippen LogP) is 3.31. The van der Waals surface area contributed by atoms with Crippen molar-refractivity contribution in [3.05, 3.63) is 39.6 Å². The Morgan fingerprint density at radius 3 is 3.17 bits per heavy atom. The lowest BCUT2D eigenvalue weighted by Crippen LogP contribution is -2.25. The SMILES string of the molecule is CNCC1OCCc2scc(C3=CC=CCC3)c21. The number of rotatable bonds is 3. The van der Waals surface area contributed by atoms with Gasteiger partial charge >= 0.3 is 0 Å². The number of thiophene rings is 1. The van der Waals surface area contributed by atoms with E-state index in [0.717, 1.165) is 32.4 Å². The fourth-order valence-electron chi connectivity index (χ4n) is 2.75. The van der Waals surface area contributed by atoms with Crippen LogP contribution in [0.15, 0.2) is 23.6 Å². The molecule has 0 saturated carbocycles. The largest absolute Gasteiger partial charge is 0.372 e. The van der Waals surface area contributed by atoms with Gasteiger partial charge in [0.15, 0.2) is 0 Å². The zero-order valence-corrected chi connectivity index (χ0v) is 11.6. The van der Waals surface area contributed by atoms with E-state index in [2.05, 4.69) is 28.9 Å². The van der Waals surface area contributed by atoms with Crippen molar-refractivity contribution in [3.8, 4) is 0 Å². The number of hydrogen-bond acceptors (Lipinski definition) is 3. The van der Waals surface area contributed by atoms with Crippen LogP contribution in [0.5, 0.6) is 0 Å².